The number of nitrogens with zero attached hydrogens (tertiary/aromatic N) is 2. The lowest BCUT2D eigenvalue weighted by Crippen LogP contribution is -2.62. The summed E-state index contributed by atoms with van der Waals surface area (Å²) in [6, 6.07) is 24.3. The van der Waals surface area contributed by atoms with Crippen molar-refractivity contribution < 1.29 is 38.2 Å². The molecule has 7 atom stereocenters. The van der Waals surface area contributed by atoms with Crippen LogP contribution < -0.4 is 16.0 Å². The van der Waals surface area contributed by atoms with E-state index >= 15 is 0 Å². The van der Waals surface area contributed by atoms with Gasteiger partial charge in [0.05, 0.1) is 36.6 Å². The van der Waals surface area contributed by atoms with E-state index in [1.54, 1.807) is 40.0 Å². The Kier molecular flexibility index (Phi) is 17.5. The summed E-state index contributed by atoms with van der Waals surface area (Å²) >= 11 is 0. The van der Waals surface area contributed by atoms with Crippen molar-refractivity contribution in [3.8, 4) is 11.1 Å². The van der Waals surface area contributed by atoms with E-state index in [9.17, 15) is 24.0 Å². The summed E-state index contributed by atoms with van der Waals surface area (Å²) in [6.07, 6.45) is 0.935. The third-order valence-electron chi connectivity index (χ3n) is 13.4. The molecule has 1 aliphatic carbocycles. The largest absolute Gasteiger partial charge is 0.449 e. The number of hydrogen-bond acceptors (Lipinski definition) is 8. The van der Waals surface area contributed by atoms with Crippen molar-refractivity contribution in [2.24, 2.45) is 17.8 Å². The standard InChI is InChI=1S/C51H71N5O8/c1-11-33(4)45(42(62-9)30-43(57)56-29-19-26-41(56)46(63-10)34(5)47(58)52-28-27-35-20-13-12-14-21-35)55(8)48(59)44(32(2)3)53-49(60)51(6,7)54-50(61)64-31-40-38-24-17-15-22-36(38)37-23-16-18-25-39(37)40/h12-18,20-25,32-34,40-42,44-46H,11,19,26-31H2,1-10H3,(H,52,58)(H,53,60)(H,54,61)/t33-,34+,41-,42+,44-,45-,46+/m0/s1. The lowest BCUT2D eigenvalue weighted by Gasteiger charge is -2.41. The van der Waals surface area contributed by atoms with Gasteiger partial charge < -0.3 is 40.0 Å². The van der Waals surface area contributed by atoms with E-state index in [1.807, 2.05) is 106 Å². The van der Waals surface area contributed by atoms with Crippen molar-refractivity contribution in [2.45, 2.75) is 122 Å². The number of hydrogen-bond donors (Lipinski definition) is 3. The van der Waals surface area contributed by atoms with Crippen molar-refractivity contribution in [1.29, 1.82) is 0 Å². The van der Waals surface area contributed by atoms with E-state index in [0.29, 0.717) is 32.4 Å². The summed E-state index contributed by atoms with van der Waals surface area (Å²) in [4.78, 5) is 72.7. The second-order valence-electron chi connectivity index (χ2n) is 18.4. The number of carbonyl (C=O) groups is 5. The number of benzene rings is 3. The molecular formula is C51H71N5O8. The molecule has 3 N–H and O–H groups in total. The number of fused-ring (bicyclic) bond motifs is 3. The normalized spacial score (nSPS) is 17.6. The first kappa shape index (κ1) is 49.7. The molecule has 3 aromatic rings. The molecule has 13 heteroatoms. The summed E-state index contributed by atoms with van der Waals surface area (Å²) in [7, 11) is 4.82. The summed E-state index contributed by atoms with van der Waals surface area (Å²) in [5.74, 6) is -2.21. The van der Waals surface area contributed by atoms with Crippen LogP contribution in [0.2, 0.25) is 0 Å². The molecule has 1 heterocycles. The molecule has 1 saturated heterocycles. The fourth-order valence-corrected chi connectivity index (χ4v) is 9.44. The van der Waals surface area contributed by atoms with Crippen molar-refractivity contribution in [1.82, 2.24) is 25.8 Å². The van der Waals surface area contributed by atoms with Gasteiger partial charge in [-0.3, -0.25) is 19.2 Å². The first-order valence-electron chi connectivity index (χ1n) is 22.9. The van der Waals surface area contributed by atoms with Crippen LogP contribution in [0.1, 0.15) is 96.8 Å². The van der Waals surface area contributed by atoms with Gasteiger partial charge in [-0.2, -0.15) is 0 Å². The monoisotopic (exact) mass is 882 g/mol. The Morgan fingerprint density at radius 2 is 1.47 bits per heavy atom. The van der Waals surface area contributed by atoms with Gasteiger partial charge >= 0.3 is 6.09 Å². The number of alkyl carbamates (subject to hydrolysis) is 1. The Hall–Kier alpha value is -5.27. The zero-order valence-corrected chi connectivity index (χ0v) is 39.5. The Labute approximate surface area is 380 Å². The highest BCUT2D eigenvalue weighted by molar-refractivity contribution is 5.94. The molecule has 5 rings (SSSR count). The van der Waals surface area contributed by atoms with Crippen molar-refractivity contribution in [2.75, 3.05) is 41.0 Å². The smallest absolute Gasteiger partial charge is 0.408 e. The van der Waals surface area contributed by atoms with Crippen molar-refractivity contribution in [3.63, 3.8) is 0 Å². The Bertz CT molecular complexity index is 2010. The zero-order chi connectivity index (χ0) is 46.7. The molecule has 1 aliphatic heterocycles. The van der Waals surface area contributed by atoms with Crippen LogP contribution in [0.4, 0.5) is 4.79 Å². The number of likely N-dealkylation sites (N-methyl/N-ethyl adjacent to an activating group) is 1. The van der Waals surface area contributed by atoms with Crippen molar-refractivity contribution in [3.05, 3.63) is 95.6 Å². The van der Waals surface area contributed by atoms with Gasteiger partial charge in [0, 0.05) is 40.3 Å². The number of nitrogens with one attached hydrogen (secondary N) is 3. The Morgan fingerprint density at radius 1 is 0.859 bits per heavy atom. The third-order valence-corrected chi connectivity index (χ3v) is 13.4. The molecule has 0 unspecified atom stereocenters. The molecule has 2 aliphatic rings. The topological polar surface area (TPSA) is 156 Å². The van der Waals surface area contributed by atoms with Gasteiger partial charge in [0.1, 0.15) is 18.2 Å². The summed E-state index contributed by atoms with van der Waals surface area (Å²) in [5.41, 5.74) is 4.08. The maximum absolute atomic E-state index is 14.5. The molecule has 0 spiro atoms. The molecule has 0 radical (unpaired) electrons. The summed E-state index contributed by atoms with van der Waals surface area (Å²) < 4.78 is 17.7. The molecule has 3 aromatic carbocycles. The first-order valence-corrected chi connectivity index (χ1v) is 22.9. The number of rotatable bonds is 21. The van der Waals surface area contributed by atoms with Gasteiger partial charge in [-0.15, -0.1) is 0 Å². The van der Waals surface area contributed by atoms with Gasteiger partial charge in [0.25, 0.3) is 0 Å². The number of amides is 5. The van der Waals surface area contributed by atoms with Crippen LogP contribution in [0.5, 0.6) is 0 Å². The molecule has 13 nitrogen and oxygen atoms in total. The number of likely N-dealkylation sites (tertiary alicyclic amines) is 1. The fraction of sp³-hybridized carbons (Fsp3) is 0.549. The highest BCUT2D eigenvalue weighted by Gasteiger charge is 2.43. The van der Waals surface area contributed by atoms with E-state index in [4.69, 9.17) is 14.2 Å². The molecule has 0 bridgehead atoms. The number of carbonyl (C=O) groups excluding carboxylic acids is 5. The maximum atomic E-state index is 14.5. The van der Waals surface area contributed by atoms with E-state index in [-0.39, 0.29) is 54.5 Å². The Morgan fingerprint density at radius 3 is 2.05 bits per heavy atom. The van der Waals surface area contributed by atoms with Crippen molar-refractivity contribution >= 4 is 29.7 Å². The quantitative estimate of drug-likeness (QED) is 0.107. The highest BCUT2D eigenvalue weighted by Crippen LogP contribution is 2.44. The number of ether oxygens (including phenoxy) is 3. The summed E-state index contributed by atoms with van der Waals surface area (Å²) in [5, 5.41) is 8.69. The molecular weight excluding hydrogens is 811 g/mol. The van der Waals surface area contributed by atoms with Gasteiger partial charge in [-0.25, -0.2) is 4.79 Å². The van der Waals surface area contributed by atoms with E-state index in [2.05, 4.69) is 28.1 Å². The lowest BCUT2D eigenvalue weighted by molar-refractivity contribution is -0.148. The second kappa shape index (κ2) is 22.6. The molecule has 5 amide bonds. The lowest BCUT2D eigenvalue weighted by atomic mass is 9.89. The zero-order valence-electron chi connectivity index (χ0n) is 39.5. The molecule has 0 saturated carbocycles. The van der Waals surface area contributed by atoms with Gasteiger partial charge in [0.2, 0.25) is 23.6 Å². The van der Waals surface area contributed by atoms with Crippen LogP contribution in [0, 0.1) is 17.8 Å². The fourth-order valence-electron chi connectivity index (χ4n) is 9.44. The van der Waals surface area contributed by atoms with Gasteiger partial charge in [-0.1, -0.05) is 120 Å². The van der Waals surface area contributed by atoms with Crippen LogP contribution in [-0.4, -0.2) is 116 Å². The highest BCUT2D eigenvalue weighted by atomic mass is 16.5. The van der Waals surface area contributed by atoms with Gasteiger partial charge in [-0.05, 0) is 72.8 Å². The SMILES string of the molecule is CC[C@H](C)[C@@H]([C@@H](CC(=O)N1CCC[C@H]1[C@H](OC)[C@@H](C)C(=O)NCCc1ccccc1)OC)N(C)C(=O)[C@@H](NC(=O)C(C)(C)NC(=O)OCC1c2ccccc2-c2ccccc21)C(C)C. The second-order valence-corrected chi connectivity index (χ2v) is 18.4. The molecule has 0 aromatic heterocycles. The van der Waals surface area contributed by atoms with Gasteiger partial charge in [0.15, 0.2) is 0 Å². The average Bonchev–Trinajstić information content (AvgIpc) is 3.90. The van der Waals surface area contributed by atoms with Crippen LogP contribution in [-0.2, 0) is 39.8 Å². The predicted octanol–water partition coefficient (Wildman–Crippen LogP) is 6.72. The Balaban J connectivity index is 1.21. The molecule has 64 heavy (non-hydrogen) atoms. The molecule has 348 valence electrons. The maximum Gasteiger partial charge on any atom is 0.408 e. The predicted molar refractivity (Wildman–Crippen MR) is 248 cm³/mol. The number of methoxy groups -OCH3 is 2. The third kappa shape index (κ3) is 11.7. The molecule has 1 fully saturated rings. The minimum Gasteiger partial charge on any atom is -0.449 e. The van der Waals surface area contributed by atoms with Crippen LogP contribution in [0.15, 0.2) is 78.9 Å². The van der Waals surface area contributed by atoms with E-state index in [1.165, 1.54) is 0 Å². The van der Waals surface area contributed by atoms with Crippen LogP contribution in [0.3, 0.4) is 0 Å². The first-order chi connectivity index (χ1) is 30.5. The van der Waals surface area contributed by atoms with E-state index in [0.717, 1.165) is 34.2 Å². The minimum atomic E-state index is -1.43. The average molecular weight is 882 g/mol. The van der Waals surface area contributed by atoms with Crippen LogP contribution >= 0.6 is 0 Å². The minimum absolute atomic E-state index is 0.00348. The van der Waals surface area contributed by atoms with E-state index < -0.39 is 47.7 Å². The van der Waals surface area contributed by atoms with Crippen LogP contribution in [0.25, 0.3) is 11.1 Å². The summed E-state index contributed by atoms with van der Waals surface area (Å²) in [6.45, 7) is 13.8.